The highest BCUT2D eigenvalue weighted by Gasteiger charge is 2.19. The first-order chi connectivity index (χ1) is 13.5. The molecule has 1 fully saturated rings. The van der Waals surface area contributed by atoms with E-state index in [1.54, 1.807) is 13.8 Å². The number of benzene rings is 1. The van der Waals surface area contributed by atoms with Gasteiger partial charge < -0.3 is 19.9 Å². The average molecular weight is 431 g/mol. The van der Waals surface area contributed by atoms with Gasteiger partial charge in [0.2, 0.25) is 0 Å². The Kier molecular flexibility index (Phi) is 8.83. The van der Waals surface area contributed by atoms with E-state index in [9.17, 15) is 28.3 Å². The molecule has 1 saturated heterocycles. The van der Waals surface area contributed by atoms with Crippen molar-refractivity contribution in [3.05, 3.63) is 23.8 Å². The van der Waals surface area contributed by atoms with Crippen molar-refractivity contribution >= 4 is 10.1 Å². The topological polar surface area (TPSA) is 128 Å². The Bertz CT molecular complexity index is 734. The summed E-state index contributed by atoms with van der Waals surface area (Å²) >= 11 is 0. The summed E-state index contributed by atoms with van der Waals surface area (Å²) in [4.78, 5) is 6.01. The van der Waals surface area contributed by atoms with E-state index in [2.05, 4.69) is 14.7 Å². The van der Waals surface area contributed by atoms with Crippen molar-refractivity contribution in [2.24, 2.45) is 0 Å². The summed E-state index contributed by atoms with van der Waals surface area (Å²) < 4.78 is 33.9. The maximum Gasteiger partial charge on any atom is 0.124 e. The zero-order valence-corrected chi connectivity index (χ0v) is 17.9. The van der Waals surface area contributed by atoms with Crippen LogP contribution in [0.5, 0.6) is 5.75 Å². The highest BCUT2D eigenvalue weighted by Crippen LogP contribution is 2.23. The van der Waals surface area contributed by atoms with Gasteiger partial charge in [0, 0.05) is 64.5 Å². The predicted octanol–water partition coefficient (Wildman–Crippen LogP) is -0.522. The SMILES string of the molecule is C[C@H](O)CN1CCN(Cc2cc(S(=O)(=O)[O-])ccc2O)CCN(C[C@H](C)O)CC1. The second-order valence-electron chi connectivity index (χ2n) is 7.82. The Hall–Kier alpha value is -1.27. The largest absolute Gasteiger partial charge is 0.744 e. The molecule has 9 nitrogen and oxygen atoms in total. The van der Waals surface area contributed by atoms with Gasteiger partial charge in [0.05, 0.1) is 17.1 Å². The highest BCUT2D eigenvalue weighted by molar-refractivity contribution is 7.85. The van der Waals surface area contributed by atoms with Crippen LogP contribution in [0.3, 0.4) is 0 Å². The maximum absolute atomic E-state index is 11.3. The molecule has 1 aliphatic heterocycles. The Labute approximate surface area is 172 Å². The van der Waals surface area contributed by atoms with Gasteiger partial charge in [-0.15, -0.1) is 0 Å². The lowest BCUT2D eigenvalue weighted by Gasteiger charge is -2.27. The lowest BCUT2D eigenvalue weighted by Crippen LogP contribution is -2.41. The molecule has 2 atom stereocenters. The standard InChI is InChI=1S/C19H33N3O6S/c1-15(23)12-20-5-6-21(13-16(2)24)8-10-22(9-7-20)14-17-11-18(29(26,27)28)3-4-19(17)25/h3-4,11,15-16,23-25H,5-10,12-14H2,1-2H3,(H,26,27,28)/p-1/t15-,16-/m0/s1. The third kappa shape index (κ3) is 8.17. The van der Waals surface area contributed by atoms with Crippen LogP contribution in [0.2, 0.25) is 0 Å². The lowest BCUT2D eigenvalue weighted by atomic mass is 10.2. The van der Waals surface area contributed by atoms with Gasteiger partial charge >= 0.3 is 0 Å². The molecule has 1 heterocycles. The number of nitrogens with zero attached hydrogens (tertiary/aromatic N) is 3. The number of aromatic hydroxyl groups is 1. The van der Waals surface area contributed by atoms with E-state index >= 15 is 0 Å². The van der Waals surface area contributed by atoms with E-state index in [1.165, 1.54) is 12.1 Å². The van der Waals surface area contributed by atoms with E-state index in [0.29, 0.717) is 51.4 Å². The molecule has 0 bridgehead atoms. The minimum Gasteiger partial charge on any atom is -0.744 e. The molecule has 0 radical (unpaired) electrons. The molecule has 1 aromatic carbocycles. The molecule has 0 amide bonds. The van der Waals surface area contributed by atoms with Crippen LogP contribution in [-0.2, 0) is 16.7 Å². The molecule has 166 valence electrons. The maximum atomic E-state index is 11.3. The van der Waals surface area contributed by atoms with E-state index in [4.69, 9.17) is 0 Å². The fourth-order valence-corrected chi connectivity index (χ4v) is 4.06. The number of aliphatic hydroxyl groups is 2. The zero-order valence-electron chi connectivity index (χ0n) is 17.1. The van der Waals surface area contributed by atoms with Crippen LogP contribution in [0.4, 0.5) is 0 Å². The number of phenolic OH excluding ortho intramolecular Hbond substituents is 1. The molecule has 0 spiro atoms. The minimum absolute atomic E-state index is 0.0565. The lowest BCUT2D eigenvalue weighted by molar-refractivity contribution is 0.102. The van der Waals surface area contributed by atoms with Gasteiger partial charge in [0.25, 0.3) is 0 Å². The van der Waals surface area contributed by atoms with E-state index in [0.717, 1.165) is 19.2 Å². The van der Waals surface area contributed by atoms with Crippen LogP contribution in [0.25, 0.3) is 0 Å². The molecule has 29 heavy (non-hydrogen) atoms. The van der Waals surface area contributed by atoms with Crippen LogP contribution < -0.4 is 0 Å². The van der Waals surface area contributed by atoms with Gasteiger partial charge in [-0.25, -0.2) is 8.42 Å². The highest BCUT2D eigenvalue weighted by atomic mass is 32.2. The molecule has 1 aliphatic rings. The second kappa shape index (κ2) is 10.7. The molecule has 0 saturated carbocycles. The summed E-state index contributed by atoms with van der Waals surface area (Å²) in [6, 6.07) is 3.57. The number of hydrogen-bond donors (Lipinski definition) is 3. The Morgan fingerprint density at radius 2 is 1.38 bits per heavy atom. The van der Waals surface area contributed by atoms with E-state index in [-0.39, 0.29) is 10.6 Å². The van der Waals surface area contributed by atoms with Gasteiger partial charge in [-0.2, -0.15) is 0 Å². The number of rotatable bonds is 7. The van der Waals surface area contributed by atoms with E-state index in [1.807, 2.05) is 0 Å². The van der Waals surface area contributed by atoms with Crippen LogP contribution in [0.1, 0.15) is 19.4 Å². The van der Waals surface area contributed by atoms with Crippen molar-refractivity contribution in [1.82, 2.24) is 14.7 Å². The van der Waals surface area contributed by atoms with Gasteiger partial charge in [0.15, 0.2) is 0 Å². The first kappa shape index (κ1) is 24.0. The van der Waals surface area contributed by atoms with Crippen molar-refractivity contribution in [2.75, 3.05) is 52.4 Å². The fourth-order valence-electron chi connectivity index (χ4n) is 3.54. The first-order valence-corrected chi connectivity index (χ1v) is 11.3. The number of β-amino-alcohol motifs (C(OH)–C–C–N with tert-alkyl or cyclic N) is 2. The van der Waals surface area contributed by atoms with Gasteiger partial charge in [-0.05, 0) is 32.0 Å². The molecule has 2 rings (SSSR count). The van der Waals surface area contributed by atoms with Gasteiger partial charge in [-0.1, -0.05) is 0 Å². The summed E-state index contributed by atoms with van der Waals surface area (Å²) in [5.74, 6) is -0.0565. The van der Waals surface area contributed by atoms with Crippen LogP contribution in [0, 0.1) is 0 Å². The molecular formula is C19H32N3O6S-. The van der Waals surface area contributed by atoms with Crippen molar-refractivity contribution in [2.45, 2.75) is 37.5 Å². The van der Waals surface area contributed by atoms with Crippen molar-refractivity contribution in [3.8, 4) is 5.75 Å². The number of aliphatic hydroxyl groups excluding tert-OH is 2. The fraction of sp³-hybridized carbons (Fsp3) is 0.684. The third-order valence-electron chi connectivity index (χ3n) is 4.98. The Balaban J connectivity index is 2.17. The zero-order chi connectivity index (χ0) is 21.6. The predicted molar refractivity (Wildman–Crippen MR) is 108 cm³/mol. The van der Waals surface area contributed by atoms with E-state index < -0.39 is 22.3 Å². The Morgan fingerprint density at radius 3 is 1.79 bits per heavy atom. The Morgan fingerprint density at radius 1 is 0.931 bits per heavy atom. The monoisotopic (exact) mass is 430 g/mol. The van der Waals surface area contributed by atoms with Crippen LogP contribution >= 0.6 is 0 Å². The minimum atomic E-state index is -4.60. The van der Waals surface area contributed by atoms with Gasteiger partial charge in [-0.3, -0.25) is 14.7 Å². The first-order valence-electron chi connectivity index (χ1n) is 9.85. The van der Waals surface area contributed by atoms with Crippen LogP contribution in [-0.4, -0.2) is 108 Å². The molecule has 10 heteroatoms. The second-order valence-corrected chi connectivity index (χ2v) is 9.20. The van der Waals surface area contributed by atoms with Crippen molar-refractivity contribution in [1.29, 1.82) is 0 Å². The number of phenols is 1. The summed E-state index contributed by atoms with van der Waals surface area (Å²) in [7, 11) is -4.60. The molecule has 0 unspecified atom stereocenters. The van der Waals surface area contributed by atoms with Crippen LogP contribution in [0.15, 0.2) is 23.1 Å². The smallest absolute Gasteiger partial charge is 0.124 e. The summed E-state index contributed by atoms with van der Waals surface area (Å²) in [5.41, 5.74) is 0.380. The quantitative estimate of drug-likeness (QED) is 0.490. The normalized spacial score (nSPS) is 20.6. The summed E-state index contributed by atoms with van der Waals surface area (Å²) in [5, 5.41) is 29.7. The van der Waals surface area contributed by atoms with Crippen molar-refractivity contribution in [3.63, 3.8) is 0 Å². The summed E-state index contributed by atoms with van der Waals surface area (Å²) in [6.45, 7) is 9.09. The molecular weight excluding hydrogens is 398 g/mol. The molecule has 3 N–H and O–H groups in total. The summed E-state index contributed by atoms with van der Waals surface area (Å²) in [6.07, 6.45) is -0.921. The van der Waals surface area contributed by atoms with Gasteiger partial charge in [0.1, 0.15) is 15.9 Å². The number of hydrogen-bond acceptors (Lipinski definition) is 9. The van der Waals surface area contributed by atoms with Crippen molar-refractivity contribution < 1.29 is 28.3 Å². The third-order valence-corrected chi connectivity index (χ3v) is 5.81. The molecule has 0 aliphatic carbocycles. The average Bonchev–Trinajstić information content (AvgIpc) is 2.68. The molecule has 0 aromatic heterocycles. The molecule has 1 aromatic rings.